The van der Waals surface area contributed by atoms with E-state index in [0.717, 1.165) is 148 Å². The summed E-state index contributed by atoms with van der Waals surface area (Å²) in [7, 11) is 0. The second-order valence-electron chi connectivity index (χ2n) is 29.4. The third kappa shape index (κ3) is 11.4. The highest BCUT2D eigenvalue weighted by Gasteiger charge is 2.25. The molecule has 0 saturated carbocycles. The van der Waals surface area contributed by atoms with Crippen LogP contribution in [0.4, 0.5) is 0 Å². The van der Waals surface area contributed by atoms with E-state index in [1.807, 2.05) is 206 Å². The molecule has 0 fully saturated rings. The van der Waals surface area contributed by atoms with E-state index >= 15 is 0 Å². The van der Waals surface area contributed by atoms with Crippen LogP contribution in [0.3, 0.4) is 0 Å². The fourth-order valence-electron chi connectivity index (χ4n) is 17.8. The summed E-state index contributed by atoms with van der Waals surface area (Å²) in [6.07, 6.45) is 0. The molecule has 0 bridgehead atoms. The van der Waals surface area contributed by atoms with Crippen molar-refractivity contribution >= 4 is 130 Å². The first-order chi connectivity index (χ1) is 68.1. The Morgan fingerprint density at radius 1 is 0.153 bits per heavy atom. The van der Waals surface area contributed by atoms with Crippen LogP contribution in [0.25, 0.3) is 241 Å². The second-order valence-corrected chi connectivity index (χ2v) is 29.4. The van der Waals surface area contributed by atoms with E-state index in [4.69, 9.17) is 34.9 Å². The van der Waals surface area contributed by atoms with Crippen LogP contribution in [0.2, 0.25) is 0 Å². The van der Waals surface area contributed by atoms with Crippen LogP contribution in [-0.4, -0.2) is 0 Å². The molecule has 0 atom stereocenters. The lowest BCUT2D eigenvalue weighted by Gasteiger charge is -2.20. The van der Waals surface area contributed by atoms with Gasteiger partial charge in [-0.1, -0.05) is 382 Å². The summed E-state index contributed by atoms with van der Waals surface area (Å²) in [5.74, 6) is 0. The standard InChI is InChI=1S/2C58H36O/c1-4-15-37(16-5-1)41-28-31-46-53(34-41)44-30-27-40(42-29-32-47-52-26-14-25-45(38-17-6-2-7-18-38)58(52)59-55(47)36-42)33-43(44)35-54(46)57-50-23-12-10-21-48(50)56(39-19-8-3-9-20-39)49-22-11-13-24-51(49)57;1-3-15-37(16-4-1)38-27-29-40(30-28-38)57-51(33-34-52-46-21-13-14-26-54(46)59-58(52)57)53-36-42-35-41(31-32-43(42)44-19-7-8-20-45(44)53)56-49-24-11-9-22-47(49)55(39-17-5-2-6-18-39)48-23-10-12-25-50(48)56/h2*1-36H/i2D,3D,6D,7D,8D,9D,17D,18D,19D,20D;1D,2D,3D,4D,5D,6D,15D,17D,18D,27D,28D,29D,30D. The molecule has 0 N–H and O–H groups in total. The monoisotopic (exact) mass is 1520 g/mol. The first kappa shape index (κ1) is 48.6. The number of furan rings is 2. The molecule has 24 rings (SSSR count). The van der Waals surface area contributed by atoms with Gasteiger partial charge >= 0.3 is 0 Å². The highest BCUT2D eigenvalue weighted by Crippen LogP contribution is 2.52. The molecule has 2 aromatic heterocycles. The van der Waals surface area contributed by atoms with Gasteiger partial charge < -0.3 is 8.83 Å². The smallest absolute Gasteiger partial charge is 0.143 e. The highest BCUT2D eigenvalue weighted by molar-refractivity contribution is 6.28. The quantitative estimate of drug-likeness (QED) is 0.101. The summed E-state index contributed by atoms with van der Waals surface area (Å²) < 4.78 is 214. The summed E-state index contributed by atoms with van der Waals surface area (Å²) >= 11 is 0. The maximum Gasteiger partial charge on any atom is 0.143 e. The molecule has 0 aliphatic rings. The first-order valence-electron chi connectivity index (χ1n) is 50.3. The largest absolute Gasteiger partial charge is 0.455 e. The number of hydrogen-bond acceptors (Lipinski definition) is 2. The molecule has 22 aromatic carbocycles. The van der Waals surface area contributed by atoms with Crippen molar-refractivity contribution in [2.75, 3.05) is 0 Å². The number of para-hydroxylation sites is 2. The van der Waals surface area contributed by atoms with Crippen molar-refractivity contribution in [2.45, 2.75) is 0 Å². The third-order valence-corrected chi connectivity index (χ3v) is 23.0. The van der Waals surface area contributed by atoms with Crippen molar-refractivity contribution in [1.29, 1.82) is 0 Å². The zero-order valence-electron chi connectivity index (χ0n) is 85.6. The molecule has 2 heteroatoms. The molecule has 0 saturated heterocycles. The van der Waals surface area contributed by atoms with Gasteiger partial charge in [-0.2, -0.15) is 0 Å². The van der Waals surface area contributed by atoms with Crippen LogP contribution in [0.15, 0.2) is 445 Å². The fraction of sp³-hybridized carbons (Fsp3) is 0. The van der Waals surface area contributed by atoms with Crippen molar-refractivity contribution in [3.8, 4) is 111 Å². The van der Waals surface area contributed by atoms with Gasteiger partial charge in [-0.3, -0.25) is 0 Å². The van der Waals surface area contributed by atoms with Gasteiger partial charge in [-0.15, -0.1) is 0 Å². The SMILES string of the molecule is [2H]c1c([2H])c([2H])c(-c2c3ccccc3c(-c3cc4cc(-c5ccc6c(c5)oc5c(-c7c([2H])c([2H])c([2H])c([2H])c7[2H])cccc56)ccc4c4cc(-c5ccccc5)ccc34)c3ccccc23)c([2H])c1[2H].[2H]c1cc(-c2c([2H])c([2H])c(-c3c(-c4cc5cc(-c6c7ccccc7c(-c7c([2H])c([2H])c([2H])c([2H])c7[2H])c7ccccc67)ccc5c5ccccc45)ccc4c3oc3ccccc34)c([2H])c2[2H])c([2H])c([2H])c1[2H]. The highest BCUT2D eigenvalue weighted by atomic mass is 16.3. The number of hydrogen-bond donors (Lipinski definition) is 0. The lowest BCUT2D eigenvalue weighted by molar-refractivity contribution is 0.670. The fourth-order valence-corrected chi connectivity index (χ4v) is 17.8. The molecule has 2 nitrogen and oxygen atoms in total. The van der Waals surface area contributed by atoms with Gasteiger partial charge in [0.1, 0.15) is 22.3 Å². The number of rotatable bonds is 10. The summed E-state index contributed by atoms with van der Waals surface area (Å²) in [6, 6.07) is 87.9. The van der Waals surface area contributed by atoms with Crippen LogP contribution >= 0.6 is 0 Å². The van der Waals surface area contributed by atoms with Gasteiger partial charge in [-0.05, 0) is 241 Å². The van der Waals surface area contributed by atoms with E-state index in [9.17, 15) is 5.48 Å². The van der Waals surface area contributed by atoms with Gasteiger partial charge in [0.25, 0.3) is 0 Å². The van der Waals surface area contributed by atoms with Gasteiger partial charge in [0, 0.05) is 32.7 Å². The van der Waals surface area contributed by atoms with Crippen molar-refractivity contribution in [3.63, 3.8) is 0 Å². The topological polar surface area (TPSA) is 26.3 Å². The predicted octanol–water partition coefficient (Wildman–Crippen LogP) is 33.1. The first-order valence-corrected chi connectivity index (χ1v) is 38.8. The number of fused-ring (bicyclic) bond motifs is 16. The maximum atomic E-state index is 9.65. The normalized spacial score (nSPS) is 14.5. The van der Waals surface area contributed by atoms with Crippen molar-refractivity contribution in [3.05, 3.63) is 436 Å². The van der Waals surface area contributed by atoms with Crippen LogP contribution in [0.1, 0.15) is 31.5 Å². The molecular formula is C116H72O2. The second kappa shape index (κ2) is 28.3. The molecule has 118 heavy (non-hydrogen) atoms. The summed E-state index contributed by atoms with van der Waals surface area (Å²) in [6.45, 7) is 0. The van der Waals surface area contributed by atoms with Crippen LogP contribution in [0.5, 0.6) is 0 Å². The third-order valence-electron chi connectivity index (χ3n) is 23.0. The average Bonchev–Trinajstić information content (AvgIpc) is 1.13. The minimum absolute atomic E-state index is 0.0377. The molecule has 0 radical (unpaired) electrons. The van der Waals surface area contributed by atoms with E-state index < -0.39 is 84.6 Å². The minimum atomic E-state index is -0.550. The number of benzene rings is 22. The summed E-state index contributed by atoms with van der Waals surface area (Å²) in [5, 5.41) is 17.1. The summed E-state index contributed by atoms with van der Waals surface area (Å²) in [4.78, 5) is 0. The lowest BCUT2D eigenvalue weighted by Crippen LogP contribution is -1.93. The molecule has 0 unspecified atom stereocenters. The molecule has 2 heterocycles. The summed E-state index contributed by atoms with van der Waals surface area (Å²) in [5.41, 5.74) is 12.7. The van der Waals surface area contributed by atoms with Crippen molar-refractivity contribution in [1.82, 2.24) is 0 Å². The van der Waals surface area contributed by atoms with E-state index in [-0.39, 0.29) is 87.8 Å². The Morgan fingerprint density at radius 3 is 1.17 bits per heavy atom. The van der Waals surface area contributed by atoms with E-state index in [0.29, 0.717) is 66.3 Å². The molecule has 0 spiro atoms. The zero-order valence-corrected chi connectivity index (χ0v) is 62.6. The van der Waals surface area contributed by atoms with Crippen molar-refractivity contribution < 1.29 is 40.4 Å². The van der Waals surface area contributed by atoms with Gasteiger partial charge in [0.15, 0.2) is 0 Å². The predicted molar refractivity (Wildman–Crippen MR) is 502 cm³/mol. The maximum absolute atomic E-state index is 9.65. The van der Waals surface area contributed by atoms with E-state index in [2.05, 4.69) is 78.9 Å². The van der Waals surface area contributed by atoms with Gasteiger partial charge in [0.05, 0.1) is 31.5 Å². The van der Waals surface area contributed by atoms with Crippen LogP contribution in [-0.2, 0) is 0 Å². The van der Waals surface area contributed by atoms with Gasteiger partial charge in [-0.25, -0.2) is 0 Å². The Kier molecular flexibility index (Phi) is 11.6. The molecular weight excluding hydrogens is 1430 g/mol. The van der Waals surface area contributed by atoms with E-state index in [1.54, 1.807) is 6.07 Å². The molecule has 548 valence electrons. The lowest BCUT2D eigenvalue weighted by atomic mass is 9.83. The van der Waals surface area contributed by atoms with Gasteiger partial charge in [0.2, 0.25) is 0 Å². The minimum Gasteiger partial charge on any atom is -0.455 e. The van der Waals surface area contributed by atoms with Crippen molar-refractivity contribution in [2.24, 2.45) is 0 Å². The molecule has 0 aliphatic heterocycles. The van der Waals surface area contributed by atoms with Crippen LogP contribution in [0, 0.1) is 0 Å². The molecule has 0 amide bonds. The molecule has 0 aliphatic carbocycles. The Balaban J connectivity index is 0.000000157. The Morgan fingerprint density at radius 2 is 0.551 bits per heavy atom. The zero-order chi connectivity index (χ0) is 97.7. The Hall–Kier alpha value is -15.5. The van der Waals surface area contributed by atoms with E-state index in [1.165, 1.54) is 0 Å². The Bertz CT molecular complexity index is 9460. The molecule has 24 aromatic rings. The Labute approximate surface area is 714 Å². The van der Waals surface area contributed by atoms with Crippen LogP contribution < -0.4 is 0 Å². The average molecular weight is 1520 g/mol.